The second kappa shape index (κ2) is 14.5. The maximum atomic E-state index is 2.75. The minimum Gasteiger partial charge on any atom is -0.334 e. The molecule has 4 atom stereocenters. The Kier molecular flexibility index (Phi) is 9.01. The van der Waals surface area contributed by atoms with Crippen LogP contribution in [0.5, 0.6) is 0 Å². The number of hydrogen-bond acceptors (Lipinski definition) is 2. The molecule has 2 nitrogen and oxygen atoms in total. The maximum Gasteiger partial charge on any atom is 0.0518 e. The fourth-order valence-electron chi connectivity index (χ4n) is 15.7. The van der Waals surface area contributed by atoms with E-state index >= 15 is 0 Å². The van der Waals surface area contributed by atoms with Crippen LogP contribution in [0.25, 0.3) is 54.9 Å². The van der Waals surface area contributed by atoms with Gasteiger partial charge >= 0.3 is 0 Å². The van der Waals surface area contributed by atoms with Gasteiger partial charge in [0.25, 0.3) is 0 Å². The third-order valence-corrected chi connectivity index (χ3v) is 20.2. The molecule has 3 aliphatic carbocycles. The van der Waals surface area contributed by atoms with Crippen molar-refractivity contribution in [3.8, 4) is 33.4 Å². The monoisotopic (exact) mass is 901 g/mol. The van der Waals surface area contributed by atoms with Gasteiger partial charge in [-0.3, -0.25) is 0 Å². The molecule has 0 N–H and O–H groups in total. The van der Waals surface area contributed by atoms with E-state index < -0.39 is 0 Å². The summed E-state index contributed by atoms with van der Waals surface area (Å²) >= 11 is 0. The number of para-hydroxylation sites is 2. The van der Waals surface area contributed by atoms with Crippen molar-refractivity contribution in [1.82, 2.24) is 0 Å². The minimum absolute atomic E-state index is 0.0158. The van der Waals surface area contributed by atoms with E-state index in [0.717, 1.165) is 0 Å². The summed E-state index contributed by atoms with van der Waals surface area (Å²) in [6.45, 7) is 24.8. The Morgan fingerprint density at radius 2 is 0.841 bits per heavy atom. The standard InChI is InChI=1S/C67H68N2/c1-41-43(3)61-57(64(7)33-19-21-35-66(64,9)68(61)47-23-13-11-14-24-47)39-53(41)45-29-31-51-55(37-45)49-27-17-18-28-50(49)59-52-32-30-46(38-56(52)63(5,6)60(51)59)54-40-58-62(44(4)42(54)2)69(48-25-15-12-16-26-48)67(10)36-22-20-34-65(58,67)8/h11-18,23-32,37-40H,19-22,33-36H2,1-10H3. The smallest absolute Gasteiger partial charge is 0.0518 e. The summed E-state index contributed by atoms with van der Waals surface area (Å²) in [5.41, 5.74) is 25.3. The summed E-state index contributed by atoms with van der Waals surface area (Å²) in [5, 5.41) is 5.44. The Labute approximate surface area is 411 Å². The topological polar surface area (TPSA) is 6.48 Å². The van der Waals surface area contributed by atoms with Crippen LogP contribution >= 0.6 is 0 Å². The molecule has 2 heterocycles. The van der Waals surface area contributed by atoms with Crippen LogP contribution < -0.4 is 9.80 Å². The van der Waals surface area contributed by atoms with E-state index in [9.17, 15) is 0 Å². The number of rotatable bonds is 4. The molecule has 2 heteroatoms. The average Bonchev–Trinajstić information content (AvgIpc) is 3.82. The molecular weight excluding hydrogens is 833 g/mol. The summed E-state index contributed by atoms with van der Waals surface area (Å²) in [7, 11) is 0. The van der Waals surface area contributed by atoms with E-state index in [2.05, 4.69) is 212 Å². The summed E-state index contributed by atoms with van der Waals surface area (Å²) in [5.74, 6) is 0. The summed E-state index contributed by atoms with van der Waals surface area (Å²) in [4.78, 5) is 5.49. The highest BCUT2D eigenvalue weighted by Crippen LogP contribution is 2.65. The Morgan fingerprint density at radius 3 is 1.38 bits per heavy atom. The van der Waals surface area contributed by atoms with Crippen LogP contribution in [0.4, 0.5) is 22.7 Å². The lowest BCUT2D eigenvalue weighted by Crippen LogP contribution is -2.54. The van der Waals surface area contributed by atoms with Gasteiger partial charge in [-0.25, -0.2) is 0 Å². The van der Waals surface area contributed by atoms with Crippen molar-refractivity contribution in [3.05, 3.63) is 178 Å². The van der Waals surface area contributed by atoms with Crippen LogP contribution in [-0.2, 0) is 16.2 Å². The van der Waals surface area contributed by atoms with Crippen molar-refractivity contribution in [1.29, 1.82) is 0 Å². The fourth-order valence-corrected chi connectivity index (χ4v) is 15.7. The van der Waals surface area contributed by atoms with Crippen molar-refractivity contribution < 1.29 is 0 Å². The van der Waals surface area contributed by atoms with Gasteiger partial charge in [0.2, 0.25) is 0 Å². The molecule has 0 amide bonds. The minimum atomic E-state index is -0.205. The van der Waals surface area contributed by atoms with E-state index in [0.29, 0.717) is 0 Å². The molecule has 69 heavy (non-hydrogen) atoms. The number of anilines is 4. The molecule has 346 valence electrons. The normalized spacial score (nSPS) is 25.1. The third-order valence-electron chi connectivity index (χ3n) is 20.2. The lowest BCUT2D eigenvalue weighted by atomic mass is 9.61. The summed E-state index contributed by atoms with van der Waals surface area (Å²) in [6, 6.07) is 52.0. The molecule has 0 bridgehead atoms. The van der Waals surface area contributed by atoms with Gasteiger partial charge in [0, 0.05) is 39.0 Å². The lowest BCUT2D eigenvalue weighted by molar-refractivity contribution is 0.195. The largest absolute Gasteiger partial charge is 0.334 e. The molecule has 4 unspecified atom stereocenters. The summed E-state index contributed by atoms with van der Waals surface area (Å²) < 4.78 is 0. The molecule has 8 aromatic carbocycles. The molecule has 0 radical (unpaired) electrons. The van der Waals surface area contributed by atoms with Gasteiger partial charge in [-0.2, -0.15) is 0 Å². The van der Waals surface area contributed by atoms with E-state index in [-0.39, 0.29) is 27.3 Å². The Morgan fingerprint density at radius 1 is 0.377 bits per heavy atom. The Hall–Kier alpha value is -6.12. The van der Waals surface area contributed by atoms with Crippen molar-refractivity contribution in [3.63, 3.8) is 0 Å². The van der Waals surface area contributed by atoms with Crippen LogP contribution in [0.15, 0.2) is 133 Å². The van der Waals surface area contributed by atoms with Crippen molar-refractivity contribution >= 4 is 44.3 Å². The average molecular weight is 901 g/mol. The predicted octanol–water partition coefficient (Wildman–Crippen LogP) is 18.4. The zero-order valence-electron chi connectivity index (χ0n) is 42.8. The zero-order valence-corrected chi connectivity index (χ0v) is 42.8. The van der Waals surface area contributed by atoms with Gasteiger partial charge < -0.3 is 9.80 Å². The molecule has 5 aliphatic rings. The van der Waals surface area contributed by atoms with Crippen LogP contribution in [0, 0.1) is 27.7 Å². The highest BCUT2D eigenvalue weighted by Gasteiger charge is 2.60. The molecule has 8 aromatic rings. The molecular formula is C67H68N2. The fraction of sp³-hybridized carbons (Fsp3) is 0.343. The molecule has 2 saturated carbocycles. The van der Waals surface area contributed by atoms with Gasteiger partial charge in [-0.15, -0.1) is 0 Å². The van der Waals surface area contributed by atoms with E-state index in [4.69, 9.17) is 0 Å². The van der Waals surface area contributed by atoms with Gasteiger partial charge in [-0.1, -0.05) is 138 Å². The second-order valence-electron chi connectivity index (χ2n) is 23.5. The quantitative estimate of drug-likeness (QED) is 0.162. The summed E-state index contributed by atoms with van der Waals surface area (Å²) in [6.07, 6.45) is 9.95. The third kappa shape index (κ3) is 5.39. The molecule has 0 aromatic heterocycles. The lowest BCUT2D eigenvalue weighted by Gasteiger charge is -2.50. The second-order valence-corrected chi connectivity index (χ2v) is 23.5. The molecule has 2 aliphatic heterocycles. The van der Waals surface area contributed by atoms with Crippen molar-refractivity contribution in [2.24, 2.45) is 0 Å². The first-order valence-corrected chi connectivity index (χ1v) is 26.3. The van der Waals surface area contributed by atoms with Gasteiger partial charge in [0.15, 0.2) is 0 Å². The number of nitrogens with zero attached hydrogens (tertiary/aromatic N) is 2. The van der Waals surface area contributed by atoms with E-state index in [1.54, 1.807) is 0 Å². The van der Waals surface area contributed by atoms with Gasteiger partial charge in [-0.05, 0) is 215 Å². The van der Waals surface area contributed by atoms with Crippen LogP contribution in [-0.4, -0.2) is 11.1 Å². The Balaban J connectivity index is 0.960. The highest BCUT2D eigenvalue weighted by atomic mass is 15.3. The number of benzene rings is 8. The van der Waals surface area contributed by atoms with Crippen LogP contribution in [0.3, 0.4) is 0 Å². The predicted molar refractivity (Wildman–Crippen MR) is 294 cm³/mol. The Bertz CT molecular complexity index is 3490. The van der Waals surface area contributed by atoms with Gasteiger partial charge in [0.1, 0.15) is 0 Å². The maximum absolute atomic E-state index is 2.75. The van der Waals surface area contributed by atoms with Crippen LogP contribution in [0.1, 0.15) is 137 Å². The van der Waals surface area contributed by atoms with Crippen molar-refractivity contribution in [2.75, 3.05) is 9.80 Å². The molecule has 2 fully saturated rings. The molecule has 13 rings (SSSR count). The number of fused-ring (bicyclic) bond motifs is 14. The highest BCUT2D eigenvalue weighted by molar-refractivity contribution is 6.19. The SMILES string of the molecule is Cc1c(-c2ccc3c(c2)C(C)(C)c2c-3c3ccccc3c3cc(-c4cc5c(c(C)c4C)N(c4ccccc4)C4(C)CCCCC54C)ccc23)cc2c(c1C)N(c1ccccc1)C1(C)CCCCC21C. The zero-order chi connectivity index (χ0) is 47.6. The van der Waals surface area contributed by atoms with Crippen LogP contribution in [0.2, 0.25) is 0 Å². The van der Waals surface area contributed by atoms with Gasteiger partial charge in [0.05, 0.1) is 11.1 Å². The van der Waals surface area contributed by atoms with E-state index in [1.807, 2.05) is 0 Å². The first-order valence-electron chi connectivity index (χ1n) is 26.3. The van der Waals surface area contributed by atoms with Crippen molar-refractivity contribution in [2.45, 2.75) is 148 Å². The first kappa shape index (κ1) is 42.9. The first-order chi connectivity index (χ1) is 33.1. The molecule has 0 saturated heterocycles. The molecule has 0 spiro atoms. The van der Waals surface area contributed by atoms with E-state index in [1.165, 1.54) is 174 Å². The number of hydrogen-bond donors (Lipinski definition) is 0.